The number of hydrogen-bond acceptors (Lipinski definition) is 7. The predicted molar refractivity (Wildman–Crippen MR) is 104 cm³/mol. The van der Waals surface area contributed by atoms with Crippen molar-refractivity contribution in [1.29, 1.82) is 0 Å². The van der Waals surface area contributed by atoms with E-state index in [9.17, 15) is 9.59 Å². The Morgan fingerprint density at radius 3 is 2.50 bits per heavy atom. The van der Waals surface area contributed by atoms with Crippen LogP contribution in [0.15, 0.2) is 24.5 Å². The number of halogens is 1. The summed E-state index contributed by atoms with van der Waals surface area (Å²) in [6.07, 6.45) is 6.16. The van der Waals surface area contributed by atoms with Gasteiger partial charge in [-0.2, -0.15) is 5.10 Å². The zero-order valence-corrected chi connectivity index (χ0v) is 16.5. The van der Waals surface area contributed by atoms with Crippen molar-refractivity contribution in [3.05, 3.63) is 40.9 Å². The quantitative estimate of drug-likeness (QED) is 0.543. The van der Waals surface area contributed by atoms with E-state index in [1.807, 2.05) is 4.90 Å². The van der Waals surface area contributed by atoms with Gasteiger partial charge in [0.25, 0.3) is 5.91 Å². The van der Waals surface area contributed by atoms with E-state index >= 15 is 0 Å². The van der Waals surface area contributed by atoms with Gasteiger partial charge in [-0.1, -0.05) is 11.6 Å². The highest BCUT2D eigenvalue weighted by Gasteiger charge is 2.23. The molecule has 0 unspecified atom stereocenters. The minimum atomic E-state index is -0.607. The van der Waals surface area contributed by atoms with Crippen LogP contribution >= 0.6 is 11.6 Å². The second-order valence-corrected chi connectivity index (χ2v) is 6.63. The summed E-state index contributed by atoms with van der Waals surface area (Å²) >= 11 is 6.11. The Morgan fingerprint density at radius 2 is 1.89 bits per heavy atom. The summed E-state index contributed by atoms with van der Waals surface area (Å²) in [7, 11) is 1.72. The van der Waals surface area contributed by atoms with Crippen molar-refractivity contribution >= 4 is 35.5 Å². The maximum atomic E-state index is 12.3. The van der Waals surface area contributed by atoms with Crippen LogP contribution in [0.2, 0.25) is 5.15 Å². The number of carbonyl (C=O) groups excluding carboxylic acids is 2. The summed E-state index contributed by atoms with van der Waals surface area (Å²) in [5.74, 6) is -0.189. The summed E-state index contributed by atoms with van der Waals surface area (Å²) in [6.45, 7) is 3.79. The molecule has 0 atom stereocenters. The maximum Gasteiger partial charge on any atom is 0.331 e. The van der Waals surface area contributed by atoms with Crippen molar-refractivity contribution in [3.63, 3.8) is 0 Å². The molecule has 0 aromatic carbocycles. The number of ether oxygens (including phenoxy) is 1. The van der Waals surface area contributed by atoms with Crippen LogP contribution in [0, 0.1) is 6.92 Å². The SMILES string of the molecule is Cc1nn(C)c(Cl)c1/C=C/C(=O)OCC(=O)N1CCN(c2ncccn2)CC1. The van der Waals surface area contributed by atoms with Gasteiger partial charge in [-0.15, -0.1) is 0 Å². The van der Waals surface area contributed by atoms with Crippen molar-refractivity contribution in [1.82, 2.24) is 24.6 Å². The monoisotopic (exact) mass is 404 g/mol. The number of anilines is 1. The largest absolute Gasteiger partial charge is 0.452 e. The molecule has 0 bridgehead atoms. The molecule has 0 spiro atoms. The first-order valence-electron chi connectivity index (χ1n) is 8.79. The number of carbonyl (C=O) groups is 2. The Morgan fingerprint density at radius 1 is 1.21 bits per heavy atom. The lowest BCUT2D eigenvalue weighted by Gasteiger charge is -2.34. The van der Waals surface area contributed by atoms with Crippen LogP contribution in [-0.2, 0) is 21.4 Å². The molecule has 1 saturated heterocycles. The molecule has 0 saturated carbocycles. The van der Waals surface area contributed by atoms with Crippen molar-refractivity contribution in [2.75, 3.05) is 37.7 Å². The molecule has 2 aromatic heterocycles. The summed E-state index contributed by atoms with van der Waals surface area (Å²) in [5.41, 5.74) is 1.35. The van der Waals surface area contributed by atoms with Gasteiger partial charge in [-0.25, -0.2) is 14.8 Å². The highest BCUT2D eigenvalue weighted by atomic mass is 35.5. The Bertz CT molecular complexity index is 875. The van der Waals surface area contributed by atoms with Gasteiger partial charge >= 0.3 is 5.97 Å². The van der Waals surface area contributed by atoms with Crippen LogP contribution in [0.5, 0.6) is 0 Å². The molecule has 148 valence electrons. The minimum Gasteiger partial charge on any atom is -0.452 e. The molecule has 0 radical (unpaired) electrons. The van der Waals surface area contributed by atoms with Crippen LogP contribution in [0.1, 0.15) is 11.3 Å². The molecule has 0 aliphatic carbocycles. The van der Waals surface area contributed by atoms with Crippen molar-refractivity contribution in [2.24, 2.45) is 7.05 Å². The molecule has 3 heterocycles. The number of aromatic nitrogens is 4. The van der Waals surface area contributed by atoms with Gasteiger partial charge < -0.3 is 14.5 Å². The van der Waals surface area contributed by atoms with E-state index in [1.165, 1.54) is 16.8 Å². The third-order valence-electron chi connectivity index (χ3n) is 4.39. The topological polar surface area (TPSA) is 93.5 Å². The zero-order chi connectivity index (χ0) is 20.1. The number of aryl methyl sites for hydroxylation is 2. The number of nitrogens with zero attached hydrogens (tertiary/aromatic N) is 6. The van der Waals surface area contributed by atoms with Crippen LogP contribution in [0.4, 0.5) is 5.95 Å². The molecule has 3 rings (SSSR count). The molecular formula is C18H21ClN6O3. The maximum absolute atomic E-state index is 12.3. The second kappa shape index (κ2) is 8.83. The normalized spacial score (nSPS) is 14.5. The number of piperazine rings is 1. The highest BCUT2D eigenvalue weighted by Crippen LogP contribution is 2.20. The summed E-state index contributed by atoms with van der Waals surface area (Å²) in [5, 5.41) is 4.59. The molecule has 10 heteroatoms. The molecule has 1 fully saturated rings. The third kappa shape index (κ3) is 4.66. The van der Waals surface area contributed by atoms with E-state index in [0.717, 1.165) is 0 Å². The van der Waals surface area contributed by atoms with Crippen molar-refractivity contribution < 1.29 is 14.3 Å². The minimum absolute atomic E-state index is 0.231. The van der Waals surface area contributed by atoms with Gasteiger partial charge in [0, 0.05) is 57.3 Å². The Kier molecular flexibility index (Phi) is 6.25. The molecule has 2 aromatic rings. The van der Waals surface area contributed by atoms with E-state index in [0.29, 0.717) is 48.5 Å². The van der Waals surface area contributed by atoms with Crippen molar-refractivity contribution in [3.8, 4) is 0 Å². The van der Waals surface area contributed by atoms with Gasteiger partial charge in [0.1, 0.15) is 5.15 Å². The van der Waals surface area contributed by atoms with Crippen LogP contribution in [-0.4, -0.2) is 69.3 Å². The second-order valence-electron chi connectivity index (χ2n) is 6.27. The van der Waals surface area contributed by atoms with Crippen LogP contribution in [0.25, 0.3) is 6.08 Å². The van der Waals surface area contributed by atoms with E-state index in [-0.39, 0.29) is 12.5 Å². The fourth-order valence-corrected chi connectivity index (χ4v) is 3.11. The zero-order valence-electron chi connectivity index (χ0n) is 15.7. The fourth-order valence-electron chi connectivity index (χ4n) is 2.87. The number of amides is 1. The van der Waals surface area contributed by atoms with Gasteiger partial charge in [-0.05, 0) is 19.1 Å². The summed E-state index contributed by atoms with van der Waals surface area (Å²) in [6, 6.07) is 1.76. The first-order chi connectivity index (χ1) is 13.5. The van der Waals surface area contributed by atoms with Crippen molar-refractivity contribution in [2.45, 2.75) is 6.92 Å². The van der Waals surface area contributed by atoms with E-state index in [1.54, 1.807) is 37.3 Å². The van der Waals surface area contributed by atoms with E-state index in [2.05, 4.69) is 15.1 Å². The van der Waals surface area contributed by atoms with Gasteiger partial charge in [0.2, 0.25) is 5.95 Å². The van der Waals surface area contributed by atoms with Gasteiger partial charge in [-0.3, -0.25) is 9.48 Å². The third-order valence-corrected chi connectivity index (χ3v) is 4.84. The number of rotatable bonds is 5. The fraction of sp³-hybridized carbons (Fsp3) is 0.389. The van der Waals surface area contributed by atoms with Gasteiger partial charge in [0.15, 0.2) is 6.61 Å². The molecule has 1 amide bonds. The Balaban J connectivity index is 1.45. The molecule has 28 heavy (non-hydrogen) atoms. The molecular weight excluding hydrogens is 384 g/mol. The Labute approximate surface area is 167 Å². The van der Waals surface area contributed by atoms with Crippen LogP contribution in [0.3, 0.4) is 0 Å². The lowest BCUT2D eigenvalue weighted by Crippen LogP contribution is -2.50. The van der Waals surface area contributed by atoms with E-state index in [4.69, 9.17) is 16.3 Å². The highest BCUT2D eigenvalue weighted by molar-refractivity contribution is 6.31. The molecule has 1 aliphatic heterocycles. The first-order valence-corrected chi connectivity index (χ1v) is 9.17. The molecule has 9 nitrogen and oxygen atoms in total. The standard InChI is InChI=1S/C18H21ClN6O3/c1-13-14(17(19)23(2)22-13)4-5-16(27)28-12-15(26)24-8-10-25(11-9-24)18-20-6-3-7-21-18/h3-7H,8-12H2,1-2H3/b5-4+. The summed E-state index contributed by atoms with van der Waals surface area (Å²) in [4.78, 5) is 36.3. The molecule has 0 N–H and O–H groups in total. The van der Waals surface area contributed by atoms with E-state index < -0.39 is 5.97 Å². The predicted octanol–water partition coefficient (Wildman–Crippen LogP) is 1.08. The molecule has 1 aliphatic rings. The number of hydrogen-bond donors (Lipinski definition) is 0. The van der Waals surface area contributed by atoms with Crippen LogP contribution < -0.4 is 4.90 Å². The average molecular weight is 405 g/mol. The van der Waals surface area contributed by atoms with Gasteiger partial charge in [0.05, 0.1) is 5.69 Å². The summed E-state index contributed by atoms with van der Waals surface area (Å²) < 4.78 is 6.57. The average Bonchev–Trinajstić information content (AvgIpc) is 2.96. The lowest BCUT2D eigenvalue weighted by molar-refractivity contribution is -0.148. The Hall–Kier alpha value is -2.94. The smallest absolute Gasteiger partial charge is 0.331 e. The lowest BCUT2D eigenvalue weighted by atomic mass is 10.2. The number of esters is 1. The first kappa shape index (κ1) is 19.8.